The smallest absolute Gasteiger partial charge is 0.336 e. The molecule has 0 saturated carbocycles. The molecule has 4 aromatic rings. The van der Waals surface area contributed by atoms with E-state index in [1.807, 2.05) is 60.7 Å². The van der Waals surface area contributed by atoms with Crippen LogP contribution in [0.3, 0.4) is 0 Å². The fourth-order valence-corrected chi connectivity index (χ4v) is 6.11. The van der Waals surface area contributed by atoms with Crippen LogP contribution in [0.15, 0.2) is 95.7 Å². The number of hydrogen-bond acceptors (Lipinski definition) is 5. The Morgan fingerprint density at radius 3 is 2.33 bits per heavy atom. The van der Waals surface area contributed by atoms with Gasteiger partial charge in [0.15, 0.2) is 11.5 Å². The maximum absolute atomic E-state index is 13.6. The van der Waals surface area contributed by atoms with Gasteiger partial charge < -0.3 is 14.8 Å². The predicted molar refractivity (Wildman–Crippen MR) is 153 cm³/mol. The third kappa shape index (κ3) is 4.19. The standard InChI is InChI=1S/C32H23Cl2NO4/c1-17-26(32(37)38-2)27(28-29(35-17)22-12-5-6-13-23(22)30(28)36)20-14-24(33)31(25(34)15-20)39-16-19-10-7-9-18-8-3-4-11-21(18)19/h3-15,27,35H,16H2,1-2H3/t27-/m0/s1. The van der Waals surface area contributed by atoms with Crippen LogP contribution in [-0.4, -0.2) is 18.9 Å². The molecule has 7 heteroatoms. The summed E-state index contributed by atoms with van der Waals surface area (Å²) in [4.78, 5) is 26.6. The molecule has 0 radical (unpaired) electrons. The van der Waals surface area contributed by atoms with Gasteiger partial charge >= 0.3 is 5.97 Å². The van der Waals surface area contributed by atoms with Crippen molar-refractivity contribution in [3.05, 3.63) is 128 Å². The fraction of sp³-hybridized carbons (Fsp3) is 0.125. The highest BCUT2D eigenvalue weighted by Crippen LogP contribution is 2.48. The van der Waals surface area contributed by atoms with Gasteiger partial charge in [-0.1, -0.05) is 89.9 Å². The number of halogens is 2. The molecule has 2 aliphatic rings. The van der Waals surface area contributed by atoms with Gasteiger partial charge in [0.2, 0.25) is 0 Å². The molecule has 5 nitrogen and oxygen atoms in total. The summed E-state index contributed by atoms with van der Waals surface area (Å²) < 4.78 is 11.2. The number of fused-ring (bicyclic) bond motifs is 3. The molecule has 1 aliphatic carbocycles. The molecule has 0 fully saturated rings. The number of carbonyl (C=O) groups excluding carboxylic acids is 2. The van der Waals surface area contributed by atoms with Crippen molar-refractivity contribution in [2.24, 2.45) is 0 Å². The van der Waals surface area contributed by atoms with Crippen molar-refractivity contribution in [3.63, 3.8) is 0 Å². The van der Waals surface area contributed by atoms with Gasteiger partial charge in [-0.2, -0.15) is 0 Å². The highest BCUT2D eigenvalue weighted by Gasteiger charge is 2.43. The molecule has 0 aromatic heterocycles. The van der Waals surface area contributed by atoms with E-state index in [4.69, 9.17) is 32.7 Å². The molecular weight excluding hydrogens is 533 g/mol. The van der Waals surface area contributed by atoms with E-state index in [1.54, 1.807) is 25.1 Å². The van der Waals surface area contributed by atoms with Gasteiger partial charge in [0, 0.05) is 28.3 Å². The summed E-state index contributed by atoms with van der Waals surface area (Å²) in [5, 5.41) is 6.03. The van der Waals surface area contributed by atoms with Gasteiger partial charge in [-0.15, -0.1) is 0 Å². The molecule has 194 valence electrons. The summed E-state index contributed by atoms with van der Waals surface area (Å²) in [5.74, 6) is -1.09. The van der Waals surface area contributed by atoms with Crippen molar-refractivity contribution in [1.29, 1.82) is 0 Å². The zero-order chi connectivity index (χ0) is 27.3. The summed E-state index contributed by atoms with van der Waals surface area (Å²) >= 11 is 13.5. The minimum Gasteiger partial charge on any atom is -0.486 e. The van der Waals surface area contributed by atoms with E-state index in [2.05, 4.69) is 5.32 Å². The number of hydrogen-bond donors (Lipinski definition) is 1. The van der Waals surface area contributed by atoms with E-state index in [-0.39, 0.29) is 22.4 Å². The number of benzene rings is 4. The van der Waals surface area contributed by atoms with Gasteiger partial charge in [-0.25, -0.2) is 4.79 Å². The first-order valence-electron chi connectivity index (χ1n) is 12.4. The molecule has 6 rings (SSSR count). The molecule has 0 amide bonds. The summed E-state index contributed by atoms with van der Waals surface area (Å²) in [7, 11) is 1.32. The Kier molecular flexibility index (Phi) is 6.42. The molecule has 0 bridgehead atoms. The van der Waals surface area contributed by atoms with E-state index >= 15 is 0 Å². The minimum absolute atomic E-state index is 0.157. The summed E-state index contributed by atoms with van der Waals surface area (Å²) in [6, 6.07) is 24.9. The lowest BCUT2D eigenvalue weighted by molar-refractivity contribution is -0.136. The van der Waals surface area contributed by atoms with E-state index in [1.165, 1.54) is 7.11 Å². The third-order valence-corrected chi connectivity index (χ3v) is 7.82. The van der Waals surface area contributed by atoms with Crippen LogP contribution in [0.5, 0.6) is 5.75 Å². The number of dihydropyridines is 1. The number of ketones is 1. The first kappa shape index (κ1) is 25.2. The van der Waals surface area contributed by atoms with Gasteiger partial charge in [0.25, 0.3) is 0 Å². The number of Topliss-reactive ketones (excluding diaryl/α,β-unsaturated/α-hetero) is 1. The molecular formula is C32H23Cl2NO4. The Labute approximate surface area is 235 Å². The number of nitrogens with one attached hydrogen (secondary N) is 1. The normalized spacial score (nSPS) is 16.2. The van der Waals surface area contributed by atoms with Crippen LogP contribution in [0, 0.1) is 0 Å². The Balaban J connectivity index is 1.41. The fourth-order valence-electron chi connectivity index (χ4n) is 5.50. The van der Waals surface area contributed by atoms with Crippen molar-refractivity contribution in [1.82, 2.24) is 5.32 Å². The zero-order valence-corrected chi connectivity index (χ0v) is 22.7. The van der Waals surface area contributed by atoms with Gasteiger partial charge in [0.1, 0.15) is 6.61 Å². The van der Waals surface area contributed by atoms with Crippen molar-refractivity contribution in [2.75, 3.05) is 7.11 Å². The Hall–Kier alpha value is -4.06. The van der Waals surface area contributed by atoms with Crippen LogP contribution in [0.4, 0.5) is 0 Å². The van der Waals surface area contributed by atoms with Crippen LogP contribution < -0.4 is 10.1 Å². The first-order chi connectivity index (χ1) is 18.9. The number of methoxy groups -OCH3 is 1. The molecule has 1 N–H and O–H groups in total. The predicted octanol–water partition coefficient (Wildman–Crippen LogP) is 7.47. The Morgan fingerprint density at radius 2 is 1.59 bits per heavy atom. The maximum atomic E-state index is 13.6. The highest BCUT2D eigenvalue weighted by molar-refractivity contribution is 6.37. The van der Waals surface area contributed by atoms with Crippen molar-refractivity contribution < 1.29 is 19.1 Å². The van der Waals surface area contributed by atoms with E-state index in [9.17, 15) is 9.59 Å². The van der Waals surface area contributed by atoms with E-state index in [0.29, 0.717) is 39.4 Å². The van der Waals surface area contributed by atoms with Crippen LogP contribution in [-0.2, 0) is 16.1 Å². The summed E-state index contributed by atoms with van der Waals surface area (Å²) in [6.07, 6.45) is 0. The minimum atomic E-state index is -0.726. The van der Waals surface area contributed by atoms with Crippen LogP contribution in [0.1, 0.15) is 39.9 Å². The molecule has 4 aromatic carbocycles. The quantitative estimate of drug-likeness (QED) is 0.259. The Bertz CT molecular complexity index is 1730. The molecule has 0 unspecified atom stereocenters. The SMILES string of the molecule is COC(=O)C1=C(C)NC2=C(C(=O)c3ccccc32)[C@H]1c1cc(Cl)c(OCc2cccc3ccccc23)c(Cl)c1. The molecule has 0 spiro atoms. The highest BCUT2D eigenvalue weighted by atomic mass is 35.5. The molecule has 1 aliphatic heterocycles. The molecule has 1 atom stereocenters. The maximum Gasteiger partial charge on any atom is 0.336 e. The Morgan fingerprint density at radius 1 is 0.923 bits per heavy atom. The number of allylic oxidation sites excluding steroid dienone is 2. The largest absolute Gasteiger partial charge is 0.486 e. The lowest BCUT2D eigenvalue weighted by Gasteiger charge is -2.29. The second-order valence-electron chi connectivity index (χ2n) is 9.49. The number of esters is 1. The third-order valence-electron chi connectivity index (χ3n) is 7.26. The second kappa shape index (κ2) is 9.92. The first-order valence-corrected chi connectivity index (χ1v) is 13.2. The van der Waals surface area contributed by atoms with E-state index < -0.39 is 11.9 Å². The van der Waals surface area contributed by atoms with Crippen LogP contribution in [0.25, 0.3) is 16.5 Å². The topological polar surface area (TPSA) is 64.6 Å². The van der Waals surface area contributed by atoms with Crippen molar-refractivity contribution in [3.8, 4) is 5.75 Å². The van der Waals surface area contributed by atoms with Crippen LogP contribution >= 0.6 is 23.2 Å². The van der Waals surface area contributed by atoms with Crippen LogP contribution in [0.2, 0.25) is 10.0 Å². The summed E-state index contributed by atoms with van der Waals surface area (Å²) in [6.45, 7) is 2.06. The lowest BCUT2D eigenvalue weighted by atomic mass is 9.80. The molecule has 1 heterocycles. The number of ether oxygens (including phenoxy) is 2. The molecule has 39 heavy (non-hydrogen) atoms. The average Bonchev–Trinajstić information content (AvgIpc) is 3.22. The van der Waals surface area contributed by atoms with Gasteiger partial charge in [-0.3, -0.25) is 4.79 Å². The van der Waals surface area contributed by atoms with E-state index in [0.717, 1.165) is 21.9 Å². The number of rotatable bonds is 5. The molecule has 0 saturated heterocycles. The average molecular weight is 556 g/mol. The van der Waals surface area contributed by atoms with Crippen molar-refractivity contribution in [2.45, 2.75) is 19.4 Å². The lowest BCUT2D eigenvalue weighted by Crippen LogP contribution is -2.29. The monoisotopic (exact) mass is 555 g/mol. The number of carbonyl (C=O) groups is 2. The van der Waals surface area contributed by atoms with Crippen molar-refractivity contribution >= 4 is 51.4 Å². The second-order valence-corrected chi connectivity index (χ2v) is 10.3. The van der Waals surface area contributed by atoms with Gasteiger partial charge in [0.05, 0.1) is 28.4 Å². The zero-order valence-electron chi connectivity index (χ0n) is 21.2. The van der Waals surface area contributed by atoms with Gasteiger partial charge in [-0.05, 0) is 41.0 Å². The summed E-state index contributed by atoms with van der Waals surface area (Å²) in [5.41, 5.74) is 5.01.